The van der Waals surface area contributed by atoms with E-state index in [2.05, 4.69) is 0 Å². The summed E-state index contributed by atoms with van der Waals surface area (Å²) in [6.45, 7) is 0.749. The number of carbonyl (C=O) groups is 1. The van der Waals surface area contributed by atoms with Crippen molar-refractivity contribution < 1.29 is 14.6 Å². The third-order valence-corrected chi connectivity index (χ3v) is 2.78. The minimum absolute atomic E-state index is 0.00655. The Morgan fingerprint density at radius 2 is 2.00 bits per heavy atom. The number of benzene rings is 1. The number of nitrogens with zero attached hydrogens (tertiary/aromatic N) is 2. The second-order valence-corrected chi connectivity index (χ2v) is 4.99. The molecule has 0 aliphatic carbocycles. The van der Waals surface area contributed by atoms with Crippen molar-refractivity contribution in [2.24, 2.45) is 0 Å². The maximum absolute atomic E-state index is 11.5. The zero-order valence-electron chi connectivity index (χ0n) is 12.2. The van der Waals surface area contributed by atoms with E-state index in [1.807, 2.05) is 12.1 Å². The highest BCUT2D eigenvalue weighted by atomic mass is 16.5. The van der Waals surface area contributed by atoms with Crippen LogP contribution in [0.5, 0.6) is 5.75 Å². The van der Waals surface area contributed by atoms with Gasteiger partial charge in [-0.3, -0.25) is 9.69 Å². The molecular formula is C14H23N3O3. The number of amides is 1. The lowest BCUT2D eigenvalue weighted by Crippen LogP contribution is -2.39. The van der Waals surface area contributed by atoms with Crippen molar-refractivity contribution in [2.75, 3.05) is 46.6 Å². The van der Waals surface area contributed by atoms with Crippen molar-refractivity contribution in [3.63, 3.8) is 0 Å². The van der Waals surface area contributed by atoms with Gasteiger partial charge in [-0.05, 0) is 19.2 Å². The fourth-order valence-corrected chi connectivity index (χ4v) is 1.65. The number of ether oxygens (including phenoxy) is 1. The van der Waals surface area contributed by atoms with Crippen molar-refractivity contribution in [1.82, 2.24) is 9.80 Å². The number of aliphatic hydroxyl groups excluding tert-OH is 1. The average Bonchev–Trinajstić information content (AvgIpc) is 2.37. The Labute approximate surface area is 119 Å². The Hall–Kier alpha value is -1.79. The van der Waals surface area contributed by atoms with E-state index in [1.54, 1.807) is 38.2 Å². The summed E-state index contributed by atoms with van der Waals surface area (Å²) in [5.41, 5.74) is 6.28. The number of nitrogens with two attached hydrogens (primary N) is 1. The van der Waals surface area contributed by atoms with Gasteiger partial charge in [-0.25, -0.2) is 0 Å². The van der Waals surface area contributed by atoms with Gasteiger partial charge in [0, 0.05) is 20.6 Å². The molecule has 0 spiro atoms. The highest BCUT2D eigenvalue weighted by molar-refractivity contribution is 5.77. The van der Waals surface area contributed by atoms with E-state index >= 15 is 0 Å². The number of likely N-dealkylation sites (N-methyl/N-ethyl adjacent to an activating group) is 2. The SMILES string of the molecule is CN(CC(=O)N(C)C)CC(O)COc1ccccc1N. The van der Waals surface area contributed by atoms with Gasteiger partial charge in [0.15, 0.2) is 0 Å². The van der Waals surface area contributed by atoms with E-state index in [4.69, 9.17) is 10.5 Å². The normalized spacial score (nSPS) is 12.2. The first-order valence-corrected chi connectivity index (χ1v) is 6.44. The van der Waals surface area contributed by atoms with Gasteiger partial charge in [-0.15, -0.1) is 0 Å². The summed E-state index contributed by atoms with van der Waals surface area (Å²) in [6, 6.07) is 7.13. The summed E-state index contributed by atoms with van der Waals surface area (Å²) in [4.78, 5) is 14.8. The predicted octanol–water partition coefficient (Wildman–Crippen LogP) is 0.0285. The Morgan fingerprint density at radius 1 is 1.35 bits per heavy atom. The van der Waals surface area contributed by atoms with E-state index in [-0.39, 0.29) is 19.1 Å². The van der Waals surface area contributed by atoms with Crippen LogP contribution < -0.4 is 10.5 Å². The molecule has 1 atom stereocenters. The van der Waals surface area contributed by atoms with Gasteiger partial charge >= 0.3 is 0 Å². The second kappa shape index (κ2) is 7.72. The number of hydrogen-bond donors (Lipinski definition) is 2. The summed E-state index contributed by atoms with van der Waals surface area (Å²) in [5.74, 6) is 0.548. The molecule has 0 saturated heterocycles. The maximum atomic E-state index is 11.5. The molecule has 0 bridgehead atoms. The van der Waals surface area contributed by atoms with Crippen molar-refractivity contribution in [1.29, 1.82) is 0 Å². The van der Waals surface area contributed by atoms with Crippen LogP contribution in [-0.4, -0.2) is 67.8 Å². The zero-order valence-corrected chi connectivity index (χ0v) is 12.2. The molecule has 0 aromatic heterocycles. The van der Waals surface area contributed by atoms with Crippen LogP contribution in [0.4, 0.5) is 5.69 Å². The van der Waals surface area contributed by atoms with Gasteiger partial charge in [-0.1, -0.05) is 12.1 Å². The van der Waals surface area contributed by atoms with E-state index in [9.17, 15) is 9.90 Å². The van der Waals surface area contributed by atoms with Gasteiger partial charge in [0.05, 0.1) is 12.2 Å². The molecule has 1 aromatic rings. The standard InChI is InChI=1S/C14H23N3O3/c1-16(2)14(19)9-17(3)8-11(18)10-20-13-7-5-4-6-12(13)15/h4-7,11,18H,8-10,15H2,1-3H3. The summed E-state index contributed by atoms with van der Waals surface area (Å²) < 4.78 is 5.45. The largest absolute Gasteiger partial charge is 0.489 e. The lowest BCUT2D eigenvalue weighted by molar-refractivity contribution is -0.129. The molecule has 1 amide bonds. The summed E-state index contributed by atoms with van der Waals surface area (Å²) in [6.07, 6.45) is -0.686. The van der Waals surface area contributed by atoms with Crippen molar-refractivity contribution >= 4 is 11.6 Å². The smallest absolute Gasteiger partial charge is 0.236 e. The highest BCUT2D eigenvalue weighted by Crippen LogP contribution is 2.19. The molecular weight excluding hydrogens is 258 g/mol. The lowest BCUT2D eigenvalue weighted by atomic mass is 10.3. The predicted molar refractivity (Wildman–Crippen MR) is 78.5 cm³/mol. The lowest BCUT2D eigenvalue weighted by Gasteiger charge is -2.22. The number of rotatable bonds is 7. The maximum Gasteiger partial charge on any atom is 0.236 e. The Kier molecular flexibility index (Phi) is 6.27. The first-order chi connectivity index (χ1) is 9.40. The molecule has 0 fully saturated rings. The van der Waals surface area contributed by atoms with Crippen LogP contribution >= 0.6 is 0 Å². The first-order valence-electron chi connectivity index (χ1n) is 6.44. The van der Waals surface area contributed by atoms with E-state index in [0.717, 1.165) is 0 Å². The van der Waals surface area contributed by atoms with Crippen LogP contribution in [0, 0.1) is 0 Å². The Morgan fingerprint density at radius 3 is 2.60 bits per heavy atom. The fraction of sp³-hybridized carbons (Fsp3) is 0.500. The van der Waals surface area contributed by atoms with Crippen LogP contribution in [0.25, 0.3) is 0 Å². The van der Waals surface area contributed by atoms with Gasteiger partial charge in [0.25, 0.3) is 0 Å². The highest BCUT2D eigenvalue weighted by Gasteiger charge is 2.13. The fourth-order valence-electron chi connectivity index (χ4n) is 1.65. The summed E-state index contributed by atoms with van der Waals surface area (Å²) in [5, 5.41) is 9.89. The Bertz CT molecular complexity index is 437. The van der Waals surface area contributed by atoms with Crippen LogP contribution in [0.15, 0.2) is 24.3 Å². The molecule has 112 valence electrons. The third kappa shape index (κ3) is 5.46. The number of para-hydroxylation sites is 2. The number of aliphatic hydroxyl groups is 1. The molecule has 3 N–H and O–H groups in total. The molecule has 1 unspecified atom stereocenters. The number of anilines is 1. The minimum Gasteiger partial charge on any atom is -0.489 e. The van der Waals surface area contributed by atoms with E-state index in [1.165, 1.54) is 4.90 Å². The van der Waals surface area contributed by atoms with Crippen molar-refractivity contribution in [3.8, 4) is 5.75 Å². The van der Waals surface area contributed by atoms with Crippen LogP contribution in [0.3, 0.4) is 0 Å². The summed E-state index contributed by atoms with van der Waals surface area (Å²) in [7, 11) is 5.18. The molecule has 6 nitrogen and oxygen atoms in total. The first kappa shape index (κ1) is 16.3. The number of nitrogen functional groups attached to an aromatic ring is 1. The van der Waals surface area contributed by atoms with E-state index in [0.29, 0.717) is 18.0 Å². The molecule has 0 aliphatic heterocycles. The van der Waals surface area contributed by atoms with Crippen LogP contribution in [-0.2, 0) is 4.79 Å². The zero-order chi connectivity index (χ0) is 15.1. The number of hydrogen-bond acceptors (Lipinski definition) is 5. The molecule has 1 aromatic carbocycles. The minimum atomic E-state index is -0.686. The molecule has 1 rings (SSSR count). The average molecular weight is 281 g/mol. The van der Waals surface area contributed by atoms with Gasteiger partial charge in [0.1, 0.15) is 18.5 Å². The van der Waals surface area contributed by atoms with Crippen LogP contribution in [0.1, 0.15) is 0 Å². The molecule has 20 heavy (non-hydrogen) atoms. The molecule has 0 heterocycles. The number of carbonyl (C=O) groups excluding carboxylic acids is 1. The quantitative estimate of drug-likeness (QED) is 0.689. The monoisotopic (exact) mass is 281 g/mol. The topological polar surface area (TPSA) is 79.0 Å². The molecule has 6 heteroatoms. The van der Waals surface area contributed by atoms with Gasteiger partial charge in [0.2, 0.25) is 5.91 Å². The molecule has 0 radical (unpaired) electrons. The van der Waals surface area contributed by atoms with Gasteiger partial charge < -0.3 is 20.5 Å². The second-order valence-electron chi connectivity index (χ2n) is 4.99. The van der Waals surface area contributed by atoms with E-state index < -0.39 is 6.10 Å². The van der Waals surface area contributed by atoms with Crippen molar-refractivity contribution in [3.05, 3.63) is 24.3 Å². The van der Waals surface area contributed by atoms with Crippen molar-refractivity contribution in [2.45, 2.75) is 6.10 Å². The Balaban J connectivity index is 2.35. The third-order valence-electron chi connectivity index (χ3n) is 2.78. The van der Waals surface area contributed by atoms with Crippen LogP contribution in [0.2, 0.25) is 0 Å². The van der Waals surface area contributed by atoms with Gasteiger partial charge in [-0.2, -0.15) is 0 Å². The summed E-state index contributed by atoms with van der Waals surface area (Å²) >= 11 is 0. The molecule has 0 saturated carbocycles. The molecule has 0 aliphatic rings.